The second-order valence-electron chi connectivity index (χ2n) is 5.16. The number of carbonyl (C=O) groups is 1. The van der Waals surface area contributed by atoms with E-state index in [1.165, 1.54) is 12.3 Å². The molecule has 3 rings (SSSR count). The van der Waals surface area contributed by atoms with Gasteiger partial charge in [-0.1, -0.05) is 12.1 Å². The third-order valence-corrected chi connectivity index (χ3v) is 4.96. The number of pyridine rings is 2. The molecule has 0 aliphatic rings. The zero-order valence-corrected chi connectivity index (χ0v) is 19.6. The van der Waals surface area contributed by atoms with E-state index in [1.54, 1.807) is 37.4 Å². The molecule has 2 N–H and O–H groups in total. The predicted molar refractivity (Wildman–Crippen MR) is 120 cm³/mol. The average Bonchev–Trinajstić information content (AvgIpc) is 2.68. The summed E-state index contributed by atoms with van der Waals surface area (Å²) in [7, 11) is 1.54. The first-order chi connectivity index (χ1) is 13.3. The van der Waals surface area contributed by atoms with Crippen LogP contribution in [0.4, 0.5) is 20.2 Å². The predicted octanol–water partition coefficient (Wildman–Crippen LogP) is 5.67. The maximum absolute atomic E-state index is 13.6. The minimum Gasteiger partial charge on any atom is -0.355 e. The number of halogens is 5. The highest BCUT2D eigenvalue weighted by Gasteiger charge is 2.11. The van der Waals surface area contributed by atoms with Crippen LogP contribution >= 0.6 is 54.5 Å². The Balaban J connectivity index is 0.000000261. The van der Waals surface area contributed by atoms with Crippen LogP contribution in [0.25, 0.3) is 0 Å². The summed E-state index contributed by atoms with van der Waals surface area (Å²) in [6, 6.07) is 10.0. The summed E-state index contributed by atoms with van der Waals surface area (Å²) in [5.74, 6) is -1.01. The van der Waals surface area contributed by atoms with Crippen LogP contribution in [0, 0.1) is 15.2 Å². The van der Waals surface area contributed by atoms with Gasteiger partial charge in [-0.2, -0.15) is 0 Å². The van der Waals surface area contributed by atoms with E-state index in [0.717, 1.165) is 6.20 Å². The fourth-order valence-corrected chi connectivity index (χ4v) is 3.49. The fraction of sp³-hybridized carbons (Fsp3) is 0.0556. The van der Waals surface area contributed by atoms with Crippen molar-refractivity contribution < 1.29 is 13.6 Å². The van der Waals surface area contributed by atoms with Crippen molar-refractivity contribution >= 4 is 71.7 Å². The third kappa shape index (κ3) is 6.45. The maximum Gasteiger partial charge on any atom is 0.253 e. The Morgan fingerprint density at radius 3 is 2.21 bits per heavy atom. The van der Waals surface area contributed by atoms with Gasteiger partial charge in [-0.25, -0.2) is 18.7 Å². The van der Waals surface area contributed by atoms with Crippen LogP contribution in [0.3, 0.4) is 0 Å². The molecule has 0 fully saturated rings. The Kier molecular flexibility index (Phi) is 8.70. The zero-order chi connectivity index (χ0) is 20.7. The lowest BCUT2D eigenvalue weighted by Gasteiger charge is -2.11. The zero-order valence-electron chi connectivity index (χ0n) is 14.3. The first kappa shape index (κ1) is 22.6. The summed E-state index contributed by atoms with van der Waals surface area (Å²) in [5.41, 5.74) is 1.22. The van der Waals surface area contributed by atoms with E-state index < -0.39 is 5.82 Å². The molecular weight excluding hydrogens is 613 g/mol. The molecule has 0 bridgehead atoms. The van der Waals surface area contributed by atoms with E-state index in [0.29, 0.717) is 24.0 Å². The number of carbonyl (C=O) groups excluding carboxylic acids is 1. The topological polar surface area (TPSA) is 66.9 Å². The largest absolute Gasteiger partial charge is 0.355 e. The van der Waals surface area contributed by atoms with Crippen LogP contribution in [0.2, 0.25) is 0 Å². The summed E-state index contributed by atoms with van der Waals surface area (Å²) in [6.45, 7) is 0. The van der Waals surface area contributed by atoms with E-state index in [-0.39, 0.29) is 17.4 Å². The molecule has 2 aromatic heterocycles. The lowest BCUT2D eigenvalue weighted by molar-refractivity contribution is 0.0964. The van der Waals surface area contributed by atoms with Crippen molar-refractivity contribution in [3.63, 3.8) is 0 Å². The number of aromatic nitrogens is 2. The van der Waals surface area contributed by atoms with Crippen LogP contribution in [-0.2, 0) is 0 Å². The van der Waals surface area contributed by atoms with E-state index in [1.807, 2.05) is 22.6 Å². The van der Waals surface area contributed by atoms with Crippen molar-refractivity contribution in [1.82, 2.24) is 15.3 Å². The smallest absolute Gasteiger partial charge is 0.253 e. The molecule has 1 amide bonds. The van der Waals surface area contributed by atoms with Crippen LogP contribution in [0.5, 0.6) is 0 Å². The van der Waals surface area contributed by atoms with Gasteiger partial charge in [-0.3, -0.25) is 4.79 Å². The van der Waals surface area contributed by atoms with Crippen molar-refractivity contribution in [2.24, 2.45) is 0 Å². The summed E-state index contributed by atoms with van der Waals surface area (Å²) < 4.78 is 27.8. The Morgan fingerprint density at radius 2 is 1.61 bits per heavy atom. The molecule has 146 valence electrons. The molecule has 28 heavy (non-hydrogen) atoms. The van der Waals surface area contributed by atoms with Crippen molar-refractivity contribution in [2.75, 3.05) is 12.4 Å². The van der Waals surface area contributed by atoms with E-state index >= 15 is 0 Å². The van der Waals surface area contributed by atoms with Crippen molar-refractivity contribution in [2.45, 2.75) is 0 Å². The standard InChI is InChI=1S/C13H11BrFN3O.C5H2BrFIN/c1-16-13(19)8-4-2-3-5-10(8)18-11-6-12(14)17-7-9(11)15;6-5-1-4(8)3(7)2-9-5/h2-7H,1H3,(H,16,19)(H,17,18);1-2H. The Bertz CT molecular complexity index is 992. The maximum atomic E-state index is 13.6. The quantitative estimate of drug-likeness (QED) is 0.291. The molecule has 0 saturated carbocycles. The number of amides is 1. The first-order valence-corrected chi connectivity index (χ1v) is 10.3. The molecule has 0 radical (unpaired) electrons. The van der Waals surface area contributed by atoms with Crippen LogP contribution in [0.1, 0.15) is 10.4 Å². The molecule has 0 aliphatic heterocycles. The Morgan fingerprint density at radius 1 is 1.00 bits per heavy atom. The lowest BCUT2D eigenvalue weighted by atomic mass is 10.1. The molecule has 0 unspecified atom stereocenters. The summed E-state index contributed by atoms with van der Waals surface area (Å²) in [4.78, 5) is 19.2. The van der Waals surface area contributed by atoms with Crippen LogP contribution in [0.15, 0.2) is 58.0 Å². The molecule has 0 spiro atoms. The van der Waals surface area contributed by atoms with Crippen LogP contribution in [-0.4, -0.2) is 22.9 Å². The van der Waals surface area contributed by atoms with Gasteiger partial charge in [0.2, 0.25) is 0 Å². The van der Waals surface area contributed by atoms with E-state index in [9.17, 15) is 13.6 Å². The molecule has 10 heteroatoms. The summed E-state index contributed by atoms with van der Waals surface area (Å²) in [5, 5.41) is 5.43. The minimum absolute atomic E-state index is 0.239. The molecule has 0 atom stereocenters. The summed E-state index contributed by atoms with van der Waals surface area (Å²) >= 11 is 8.19. The highest BCUT2D eigenvalue weighted by Crippen LogP contribution is 2.24. The molecule has 3 aromatic rings. The number of nitrogens with zero attached hydrogens (tertiary/aromatic N) is 2. The van der Waals surface area contributed by atoms with Crippen molar-refractivity contribution in [3.8, 4) is 0 Å². The molecular formula is C18H13Br2F2IN4O. The fourth-order valence-electron chi connectivity index (χ4n) is 1.97. The molecule has 2 heterocycles. The number of nitrogens with one attached hydrogen (secondary N) is 2. The van der Waals surface area contributed by atoms with Gasteiger partial charge in [0.1, 0.15) is 9.21 Å². The second-order valence-corrected chi connectivity index (χ2v) is 7.94. The minimum atomic E-state index is -0.491. The highest BCUT2D eigenvalue weighted by molar-refractivity contribution is 14.1. The number of anilines is 2. The summed E-state index contributed by atoms with van der Waals surface area (Å²) in [6.07, 6.45) is 2.29. The van der Waals surface area contributed by atoms with E-state index in [2.05, 4.69) is 52.5 Å². The number of hydrogen-bond acceptors (Lipinski definition) is 4. The molecule has 0 saturated heterocycles. The molecule has 5 nitrogen and oxygen atoms in total. The van der Waals surface area contributed by atoms with E-state index in [4.69, 9.17) is 0 Å². The Hall–Kier alpha value is -1.66. The van der Waals surface area contributed by atoms with Crippen LogP contribution < -0.4 is 10.6 Å². The lowest BCUT2D eigenvalue weighted by Crippen LogP contribution is -2.19. The first-order valence-electron chi connectivity index (χ1n) is 7.67. The van der Waals surface area contributed by atoms with Gasteiger partial charge < -0.3 is 10.6 Å². The van der Waals surface area contributed by atoms with Gasteiger partial charge >= 0.3 is 0 Å². The third-order valence-electron chi connectivity index (χ3n) is 3.27. The normalized spacial score (nSPS) is 9.93. The SMILES string of the molecule is CNC(=O)c1ccccc1Nc1cc(Br)ncc1F.Fc1cnc(Br)cc1I. The number of benzene rings is 1. The van der Waals surface area contributed by atoms with Crippen molar-refractivity contribution in [1.29, 1.82) is 0 Å². The van der Waals surface area contributed by atoms with Gasteiger partial charge in [0.25, 0.3) is 5.91 Å². The molecule has 0 aliphatic carbocycles. The van der Waals surface area contributed by atoms with Gasteiger partial charge in [-0.05, 0) is 78.7 Å². The average molecular weight is 626 g/mol. The van der Waals surface area contributed by atoms with Gasteiger partial charge in [-0.15, -0.1) is 0 Å². The second kappa shape index (κ2) is 10.8. The van der Waals surface area contributed by atoms with Gasteiger partial charge in [0.15, 0.2) is 11.6 Å². The van der Waals surface area contributed by atoms with Gasteiger partial charge in [0, 0.05) is 7.05 Å². The highest BCUT2D eigenvalue weighted by atomic mass is 127. The molecule has 1 aromatic carbocycles. The number of para-hydroxylation sites is 1. The van der Waals surface area contributed by atoms with Gasteiger partial charge in [0.05, 0.1) is 32.9 Å². The number of rotatable bonds is 3. The Labute approximate surface area is 190 Å². The van der Waals surface area contributed by atoms with Crippen molar-refractivity contribution in [3.05, 3.63) is 78.8 Å². The number of hydrogen-bond donors (Lipinski definition) is 2. The monoisotopic (exact) mass is 624 g/mol.